The standard InChI is InChI=1S/C12H19NO2S/c1-8-5-9(2)12(10(3)6-8)16(14,15)7-11(4)13/h5-6,11H,7,13H2,1-4H3. The van der Waals surface area contributed by atoms with Gasteiger partial charge in [-0.15, -0.1) is 0 Å². The molecule has 0 aromatic heterocycles. The van der Waals surface area contributed by atoms with Crippen molar-refractivity contribution in [3.8, 4) is 0 Å². The highest BCUT2D eigenvalue weighted by Crippen LogP contribution is 2.23. The van der Waals surface area contributed by atoms with Gasteiger partial charge in [0.25, 0.3) is 0 Å². The number of rotatable bonds is 3. The Balaban J connectivity index is 3.34. The maximum atomic E-state index is 12.1. The average molecular weight is 241 g/mol. The summed E-state index contributed by atoms with van der Waals surface area (Å²) in [6.07, 6.45) is 0. The summed E-state index contributed by atoms with van der Waals surface area (Å²) >= 11 is 0. The van der Waals surface area contributed by atoms with Crippen molar-refractivity contribution in [1.82, 2.24) is 0 Å². The third kappa shape index (κ3) is 2.83. The lowest BCUT2D eigenvalue weighted by Gasteiger charge is -2.13. The zero-order valence-corrected chi connectivity index (χ0v) is 11.1. The van der Waals surface area contributed by atoms with Crippen LogP contribution in [0.25, 0.3) is 0 Å². The minimum absolute atomic E-state index is 0.00224. The lowest BCUT2D eigenvalue weighted by Crippen LogP contribution is -2.27. The Morgan fingerprint density at radius 1 is 1.19 bits per heavy atom. The molecule has 1 aromatic carbocycles. The SMILES string of the molecule is Cc1cc(C)c(S(=O)(=O)CC(C)N)c(C)c1. The molecule has 0 saturated heterocycles. The number of sulfone groups is 1. The minimum atomic E-state index is -3.26. The third-order valence-electron chi connectivity index (χ3n) is 2.40. The largest absolute Gasteiger partial charge is 0.327 e. The molecule has 2 N–H and O–H groups in total. The van der Waals surface area contributed by atoms with Gasteiger partial charge in [0.15, 0.2) is 9.84 Å². The summed E-state index contributed by atoms with van der Waals surface area (Å²) in [6.45, 7) is 7.32. The smallest absolute Gasteiger partial charge is 0.180 e. The monoisotopic (exact) mass is 241 g/mol. The van der Waals surface area contributed by atoms with Crippen LogP contribution in [-0.2, 0) is 9.84 Å². The molecule has 0 heterocycles. The molecule has 0 aliphatic carbocycles. The average Bonchev–Trinajstić information content (AvgIpc) is 1.96. The first-order valence-electron chi connectivity index (χ1n) is 5.30. The van der Waals surface area contributed by atoms with Gasteiger partial charge >= 0.3 is 0 Å². The van der Waals surface area contributed by atoms with Crippen molar-refractivity contribution in [3.63, 3.8) is 0 Å². The first kappa shape index (κ1) is 13.2. The van der Waals surface area contributed by atoms with Gasteiger partial charge in [0, 0.05) is 6.04 Å². The van der Waals surface area contributed by atoms with E-state index in [1.165, 1.54) is 0 Å². The molecule has 0 radical (unpaired) electrons. The van der Waals surface area contributed by atoms with Crippen LogP contribution < -0.4 is 5.73 Å². The van der Waals surface area contributed by atoms with Crippen molar-refractivity contribution in [3.05, 3.63) is 28.8 Å². The predicted octanol–water partition coefficient (Wildman–Crippen LogP) is 1.73. The molecule has 1 unspecified atom stereocenters. The molecule has 1 aromatic rings. The lowest BCUT2D eigenvalue weighted by atomic mass is 10.1. The zero-order valence-electron chi connectivity index (χ0n) is 10.2. The first-order chi connectivity index (χ1) is 7.24. The Morgan fingerprint density at radius 3 is 2.00 bits per heavy atom. The summed E-state index contributed by atoms with van der Waals surface area (Å²) in [5, 5.41) is 0. The summed E-state index contributed by atoms with van der Waals surface area (Å²) in [6, 6.07) is 3.44. The molecule has 0 spiro atoms. The molecule has 3 nitrogen and oxygen atoms in total. The van der Waals surface area contributed by atoms with Crippen LogP contribution in [0.3, 0.4) is 0 Å². The topological polar surface area (TPSA) is 60.2 Å². The highest BCUT2D eigenvalue weighted by Gasteiger charge is 2.21. The van der Waals surface area contributed by atoms with Crippen LogP contribution in [0.15, 0.2) is 17.0 Å². The van der Waals surface area contributed by atoms with E-state index in [0.29, 0.717) is 4.90 Å². The van der Waals surface area contributed by atoms with Crippen LogP contribution in [-0.4, -0.2) is 20.2 Å². The quantitative estimate of drug-likeness (QED) is 0.876. The Hall–Kier alpha value is -0.870. The van der Waals surface area contributed by atoms with Crippen molar-refractivity contribution in [2.24, 2.45) is 5.73 Å². The number of hydrogen-bond donors (Lipinski definition) is 1. The van der Waals surface area contributed by atoms with Crippen molar-refractivity contribution < 1.29 is 8.42 Å². The van der Waals surface area contributed by atoms with Gasteiger partial charge in [-0.3, -0.25) is 0 Å². The fourth-order valence-corrected chi connectivity index (χ4v) is 4.04. The summed E-state index contributed by atoms with van der Waals surface area (Å²) < 4.78 is 24.2. The molecule has 0 fully saturated rings. The van der Waals surface area contributed by atoms with Gasteiger partial charge in [0.1, 0.15) is 0 Å². The summed E-state index contributed by atoms with van der Waals surface area (Å²) in [5.74, 6) is -0.00224. The normalized spacial score (nSPS) is 13.8. The molecule has 0 saturated carbocycles. The molecule has 90 valence electrons. The van der Waals surface area contributed by atoms with E-state index in [1.807, 2.05) is 32.9 Å². The molecule has 1 atom stereocenters. The van der Waals surface area contributed by atoms with Crippen molar-refractivity contribution in [2.45, 2.75) is 38.6 Å². The van der Waals surface area contributed by atoms with E-state index >= 15 is 0 Å². The Labute approximate surface area is 97.6 Å². The Kier molecular flexibility index (Phi) is 3.76. The molecule has 0 aliphatic heterocycles. The van der Waals surface area contributed by atoms with Crippen LogP contribution in [0.1, 0.15) is 23.6 Å². The molecule has 16 heavy (non-hydrogen) atoms. The fraction of sp³-hybridized carbons (Fsp3) is 0.500. The Bertz CT molecular complexity index is 467. The van der Waals surface area contributed by atoms with E-state index in [9.17, 15) is 8.42 Å². The highest BCUT2D eigenvalue weighted by molar-refractivity contribution is 7.91. The number of aryl methyl sites for hydroxylation is 3. The van der Waals surface area contributed by atoms with E-state index in [1.54, 1.807) is 6.92 Å². The van der Waals surface area contributed by atoms with Gasteiger partial charge in [-0.1, -0.05) is 17.7 Å². The molecular formula is C12H19NO2S. The molecule has 0 aliphatic rings. The van der Waals surface area contributed by atoms with E-state index in [4.69, 9.17) is 5.73 Å². The van der Waals surface area contributed by atoms with E-state index in [-0.39, 0.29) is 11.8 Å². The Morgan fingerprint density at radius 2 is 1.62 bits per heavy atom. The molecular weight excluding hydrogens is 222 g/mol. The van der Waals surface area contributed by atoms with Crippen LogP contribution in [0.5, 0.6) is 0 Å². The van der Waals surface area contributed by atoms with Gasteiger partial charge in [0.2, 0.25) is 0 Å². The first-order valence-corrected chi connectivity index (χ1v) is 6.95. The number of nitrogens with two attached hydrogens (primary N) is 1. The highest BCUT2D eigenvalue weighted by atomic mass is 32.2. The van der Waals surface area contributed by atoms with Gasteiger partial charge in [0.05, 0.1) is 10.6 Å². The van der Waals surface area contributed by atoms with Crippen molar-refractivity contribution in [1.29, 1.82) is 0 Å². The molecule has 0 amide bonds. The van der Waals surface area contributed by atoms with E-state index in [0.717, 1.165) is 16.7 Å². The third-order valence-corrected chi connectivity index (χ3v) is 4.63. The van der Waals surface area contributed by atoms with Gasteiger partial charge in [-0.2, -0.15) is 0 Å². The van der Waals surface area contributed by atoms with E-state index < -0.39 is 9.84 Å². The molecule has 1 rings (SSSR count). The predicted molar refractivity (Wildman–Crippen MR) is 66.4 cm³/mol. The summed E-state index contributed by atoms with van der Waals surface area (Å²) in [7, 11) is -3.26. The lowest BCUT2D eigenvalue weighted by molar-refractivity contribution is 0.589. The van der Waals surface area contributed by atoms with Gasteiger partial charge in [-0.25, -0.2) is 8.42 Å². The second-order valence-electron chi connectivity index (χ2n) is 4.49. The molecule has 4 heteroatoms. The fourth-order valence-electron chi connectivity index (χ4n) is 2.09. The van der Waals surface area contributed by atoms with Crippen LogP contribution in [0.4, 0.5) is 0 Å². The summed E-state index contributed by atoms with van der Waals surface area (Å²) in [4.78, 5) is 0.440. The van der Waals surface area contributed by atoms with Crippen molar-refractivity contribution in [2.75, 3.05) is 5.75 Å². The second-order valence-corrected chi connectivity index (χ2v) is 6.46. The maximum Gasteiger partial charge on any atom is 0.180 e. The number of hydrogen-bond acceptors (Lipinski definition) is 3. The summed E-state index contributed by atoms with van der Waals surface area (Å²) in [5.41, 5.74) is 8.25. The number of benzene rings is 1. The van der Waals surface area contributed by atoms with Crippen LogP contribution in [0, 0.1) is 20.8 Å². The van der Waals surface area contributed by atoms with Crippen molar-refractivity contribution >= 4 is 9.84 Å². The van der Waals surface area contributed by atoms with Gasteiger partial charge in [-0.05, 0) is 38.8 Å². The molecule has 0 bridgehead atoms. The second kappa shape index (κ2) is 4.55. The van der Waals surface area contributed by atoms with Crippen LogP contribution in [0.2, 0.25) is 0 Å². The minimum Gasteiger partial charge on any atom is -0.327 e. The van der Waals surface area contributed by atoms with E-state index in [2.05, 4.69) is 0 Å². The maximum absolute atomic E-state index is 12.1. The van der Waals surface area contributed by atoms with Crippen LogP contribution >= 0.6 is 0 Å². The zero-order chi connectivity index (χ0) is 12.5. The van der Waals surface area contributed by atoms with Gasteiger partial charge < -0.3 is 5.73 Å².